The van der Waals surface area contributed by atoms with Crippen LogP contribution in [0.5, 0.6) is 5.75 Å². The number of Topliss-reactive ketones (excluding diaryl/α,β-unsaturated/α-hetero) is 1. The van der Waals surface area contributed by atoms with E-state index in [4.69, 9.17) is 9.47 Å². The summed E-state index contributed by atoms with van der Waals surface area (Å²) >= 11 is 0. The number of nitrogens with zero attached hydrogens (tertiary/aromatic N) is 1. The number of hydrogen-bond acceptors (Lipinski definition) is 4. The van der Waals surface area contributed by atoms with Crippen molar-refractivity contribution in [1.29, 1.82) is 0 Å². The molecule has 0 N–H and O–H groups in total. The van der Waals surface area contributed by atoms with Crippen molar-refractivity contribution in [3.05, 3.63) is 65.7 Å². The van der Waals surface area contributed by atoms with Gasteiger partial charge in [-0.2, -0.15) is 0 Å². The smallest absolute Gasteiger partial charge is 0.187 e. The Hall–Kier alpha value is -2.46. The van der Waals surface area contributed by atoms with Gasteiger partial charge in [-0.25, -0.2) is 0 Å². The van der Waals surface area contributed by atoms with Crippen LogP contribution in [0.4, 0.5) is 0 Å². The number of methoxy groups -OCH3 is 1. The summed E-state index contributed by atoms with van der Waals surface area (Å²) in [5.41, 5.74) is 1.71. The van der Waals surface area contributed by atoms with Gasteiger partial charge in [0.2, 0.25) is 0 Å². The highest BCUT2D eigenvalue weighted by molar-refractivity contribution is 5.89. The van der Waals surface area contributed by atoms with Crippen LogP contribution in [-0.2, 0) is 9.53 Å². The van der Waals surface area contributed by atoms with Gasteiger partial charge in [0.25, 0.3) is 0 Å². The van der Waals surface area contributed by atoms with Crippen molar-refractivity contribution in [3.63, 3.8) is 0 Å². The zero-order chi connectivity index (χ0) is 17.2. The van der Waals surface area contributed by atoms with E-state index in [1.54, 1.807) is 6.21 Å². The highest BCUT2D eigenvalue weighted by Gasteiger charge is 2.18. The van der Waals surface area contributed by atoms with Gasteiger partial charge in [0.15, 0.2) is 5.78 Å². The van der Waals surface area contributed by atoms with E-state index in [2.05, 4.69) is 11.9 Å². The lowest BCUT2D eigenvalue weighted by Gasteiger charge is -2.13. The zero-order valence-electron chi connectivity index (χ0n) is 14.1. The second-order valence-electron chi connectivity index (χ2n) is 5.35. The Bertz CT molecular complexity index is 668. The molecule has 2 rings (SSSR count). The molecule has 4 heteroatoms. The van der Waals surface area contributed by atoms with E-state index in [-0.39, 0.29) is 12.3 Å². The van der Waals surface area contributed by atoms with Gasteiger partial charge in [-0.1, -0.05) is 49.4 Å². The number of benzene rings is 2. The summed E-state index contributed by atoms with van der Waals surface area (Å²) in [5, 5.41) is 0. The number of ketones is 1. The Labute approximate surface area is 143 Å². The third-order valence-electron chi connectivity index (χ3n) is 3.49. The van der Waals surface area contributed by atoms with Gasteiger partial charge in [0, 0.05) is 18.9 Å². The monoisotopic (exact) mass is 325 g/mol. The molecule has 0 heterocycles. The first kappa shape index (κ1) is 17.9. The molecule has 1 unspecified atom stereocenters. The molecular formula is C20H23NO3. The van der Waals surface area contributed by atoms with Crippen molar-refractivity contribution in [2.75, 3.05) is 20.3 Å². The van der Waals surface area contributed by atoms with Crippen molar-refractivity contribution < 1.29 is 14.3 Å². The minimum Gasteiger partial charge on any atom is -0.493 e. The summed E-state index contributed by atoms with van der Waals surface area (Å²) in [7, 11) is 1.53. The number of carbonyl (C=O) groups is 1. The molecule has 0 saturated carbocycles. The number of ether oxygens (including phenoxy) is 2. The average Bonchev–Trinajstić information content (AvgIpc) is 2.62. The van der Waals surface area contributed by atoms with E-state index in [0.29, 0.717) is 6.61 Å². The summed E-state index contributed by atoms with van der Waals surface area (Å²) < 4.78 is 11.0. The average molecular weight is 325 g/mol. The molecule has 0 radical (unpaired) electrons. The van der Waals surface area contributed by atoms with Crippen LogP contribution in [0.15, 0.2) is 59.6 Å². The molecule has 0 fully saturated rings. The maximum absolute atomic E-state index is 12.4. The standard InChI is InChI=1S/C20H23NO3/c1-3-13-24-19-12-8-7-11-17(19)14-21-15-18(22)20(23-2)16-9-5-4-6-10-16/h4-12,14,20H,3,13,15H2,1-2H3. The second-order valence-corrected chi connectivity index (χ2v) is 5.35. The summed E-state index contributed by atoms with van der Waals surface area (Å²) in [5.74, 6) is 0.703. The summed E-state index contributed by atoms with van der Waals surface area (Å²) in [6, 6.07) is 17.1. The molecule has 24 heavy (non-hydrogen) atoms. The number of para-hydroxylation sites is 1. The Morgan fingerprint density at radius 1 is 1.12 bits per heavy atom. The maximum Gasteiger partial charge on any atom is 0.187 e. The van der Waals surface area contributed by atoms with E-state index in [0.717, 1.165) is 23.3 Å². The number of aliphatic imine (C=N–C) groups is 1. The van der Waals surface area contributed by atoms with Crippen LogP contribution in [-0.4, -0.2) is 32.3 Å². The molecule has 1 atom stereocenters. The fraction of sp³-hybridized carbons (Fsp3) is 0.300. The van der Waals surface area contributed by atoms with Gasteiger partial charge < -0.3 is 9.47 Å². The summed E-state index contributed by atoms with van der Waals surface area (Å²) in [6.45, 7) is 2.78. The van der Waals surface area contributed by atoms with Crippen LogP contribution in [0, 0.1) is 0 Å². The Balaban J connectivity index is 2.02. The number of rotatable bonds is 9. The van der Waals surface area contributed by atoms with Gasteiger partial charge in [0.05, 0.1) is 6.61 Å². The molecule has 0 saturated heterocycles. The first-order valence-electron chi connectivity index (χ1n) is 8.08. The minimum absolute atomic E-state index is 0.0650. The van der Waals surface area contributed by atoms with Crippen molar-refractivity contribution in [2.24, 2.45) is 4.99 Å². The predicted octanol–water partition coefficient (Wildman–Crippen LogP) is 3.85. The van der Waals surface area contributed by atoms with Gasteiger partial charge >= 0.3 is 0 Å². The lowest BCUT2D eigenvalue weighted by molar-refractivity contribution is -0.127. The van der Waals surface area contributed by atoms with E-state index in [1.165, 1.54) is 7.11 Å². The SMILES string of the molecule is CCCOc1ccccc1C=NCC(=O)C(OC)c1ccccc1. The van der Waals surface area contributed by atoms with Crippen LogP contribution in [0.3, 0.4) is 0 Å². The predicted molar refractivity (Wildman–Crippen MR) is 95.9 cm³/mol. The van der Waals surface area contributed by atoms with E-state index >= 15 is 0 Å². The van der Waals surface area contributed by atoms with Crippen LogP contribution >= 0.6 is 0 Å². The molecule has 0 bridgehead atoms. The topological polar surface area (TPSA) is 47.9 Å². The lowest BCUT2D eigenvalue weighted by atomic mass is 10.1. The molecule has 126 valence electrons. The third kappa shape index (κ3) is 5.03. The highest BCUT2D eigenvalue weighted by atomic mass is 16.5. The van der Waals surface area contributed by atoms with Gasteiger partial charge in [-0.05, 0) is 24.1 Å². The van der Waals surface area contributed by atoms with E-state index in [1.807, 2.05) is 54.6 Å². The molecule has 0 aliphatic carbocycles. The second kappa shape index (κ2) is 9.63. The molecule has 0 aliphatic heterocycles. The van der Waals surface area contributed by atoms with Crippen LogP contribution < -0.4 is 4.74 Å². The Morgan fingerprint density at radius 2 is 1.83 bits per heavy atom. The molecule has 2 aromatic rings. The molecular weight excluding hydrogens is 302 g/mol. The molecule has 0 aromatic heterocycles. The fourth-order valence-electron chi connectivity index (χ4n) is 2.33. The highest BCUT2D eigenvalue weighted by Crippen LogP contribution is 2.18. The fourth-order valence-corrected chi connectivity index (χ4v) is 2.33. The third-order valence-corrected chi connectivity index (χ3v) is 3.49. The normalized spacial score (nSPS) is 12.2. The first-order valence-corrected chi connectivity index (χ1v) is 8.08. The largest absolute Gasteiger partial charge is 0.493 e. The van der Waals surface area contributed by atoms with Crippen molar-refractivity contribution in [2.45, 2.75) is 19.4 Å². The van der Waals surface area contributed by atoms with E-state index < -0.39 is 6.10 Å². The minimum atomic E-state index is -0.588. The molecule has 0 spiro atoms. The quantitative estimate of drug-likeness (QED) is 0.658. The van der Waals surface area contributed by atoms with Crippen molar-refractivity contribution in [1.82, 2.24) is 0 Å². The Morgan fingerprint density at radius 3 is 2.54 bits per heavy atom. The van der Waals surface area contributed by atoms with Crippen LogP contribution in [0.1, 0.15) is 30.6 Å². The van der Waals surface area contributed by atoms with Gasteiger partial charge in [0.1, 0.15) is 18.4 Å². The lowest BCUT2D eigenvalue weighted by Crippen LogP contribution is -2.17. The summed E-state index contributed by atoms with van der Waals surface area (Å²) in [6.07, 6.45) is 2.03. The molecule has 0 amide bonds. The number of hydrogen-bond donors (Lipinski definition) is 0. The van der Waals surface area contributed by atoms with Gasteiger partial charge in [-0.15, -0.1) is 0 Å². The van der Waals surface area contributed by atoms with Gasteiger partial charge in [-0.3, -0.25) is 9.79 Å². The van der Waals surface area contributed by atoms with Crippen molar-refractivity contribution >= 4 is 12.0 Å². The molecule has 0 aliphatic rings. The van der Waals surface area contributed by atoms with Crippen molar-refractivity contribution in [3.8, 4) is 5.75 Å². The zero-order valence-corrected chi connectivity index (χ0v) is 14.1. The molecule has 4 nitrogen and oxygen atoms in total. The van der Waals surface area contributed by atoms with Crippen LogP contribution in [0.2, 0.25) is 0 Å². The van der Waals surface area contributed by atoms with Crippen LogP contribution in [0.25, 0.3) is 0 Å². The number of carbonyl (C=O) groups excluding carboxylic acids is 1. The summed E-state index contributed by atoms with van der Waals surface area (Å²) in [4.78, 5) is 16.6. The van der Waals surface area contributed by atoms with E-state index in [9.17, 15) is 4.79 Å². The maximum atomic E-state index is 12.4. The Kier molecular flexibility index (Phi) is 7.18. The molecule has 2 aromatic carbocycles. The first-order chi connectivity index (χ1) is 11.8.